The third kappa shape index (κ3) is 3.70. The van der Waals surface area contributed by atoms with Crippen LogP contribution in [0.3, 0.4) is 0 Å². The van der Waals surface area contributed by atoms with Crippen LogP contribution < -0.4 is 5.32 Å². The molecule has 0 spiro atoms. The van der Waals surface area contributed by atoms with Gasteiger partial charge in [-0.2, -0.15) is 0 Å². The number of amides is 2. The maximum Gasteiger partial charge on any atom is 0.318 e. The maximum absolute atomic E-state index is 12.6. The first-order valence-electron chi connectivity index (χ1n) is 8.18. The number of hydrogen-bond donors (Lipinski definition) is 1. The van der Waals surface area contributed by atoms with E-state index in [1.807, 2.05) is 34.7 Å². The van der Waals surface area contributed by atoms with E-state index >= 15 is 0 Å². The summed E-state index contributed by atoms with van der Waals surface area (Å²) in [5.74, 6) is 0.864. The van der Waals surface area contributed by atoms with Crippen molar-refractivity contribution in [2.45, 2.75) is 31.7 Å². The van der Waals surface area contributed by atoms with Gasteiger partial charge in [0.15, 0.2) is 5.82 Å². The van der Waals surface area contributed by atoms with E-state index in [1.54, 1.807) is 6.33 Å². The molecule has 1 aliphatic rings. The number of nitrogens with zero attached hydrogens (tertiary/aromatic N) is 4. The predicted octanol–water partition coefficient (Wildman–Crippen LogP) is 2.29. The van der Waals surface area contributed by atoms with Crippen LogP contribution in [0.4, 0.5) is 4.79 Å². The summed E-state index contributed by atoms with van der Waals surface area (Å²) in [6.45, 7) is 1.42. The van der Waals surface area contributed by atoms with Gasteiger partial charge in [0.1, 0.15) is 6.33 Å². The number of benzene rings is 1. The molecular formula is C17H23N5O. The number of carbonyl (C=O) groups is 1. The van der Waals surface area contributed by atoms with Gasteiger partial charge in [0.2, 0.25) is 0 Å². The van der Waals surface area contributed by atoms with Crippen LogP contribution in [0.1, 0.15) is 36.7 Å². The summed E-state index contributed by atoms with van der Waals surface area (Å²) >= 11 is 0. The van der Waals surface area contributed by atoms with E-state index < -0.39 is 0 Å². The van der Waals surface area contributed by atoms with E-state index in [0.29, 0.717) is 6.54 Å². The highest BCUT2D eigenvalue weighted by molar-refractivity contribution is 5.74. The fraction of sp³-hybridized carbons (Fsp3) is 0.471. The average molecular weight is 313 g/mol. The zero-order chi connectivity index (χ0) is 16.1. The minimum Gasteiger partial charge on any atom is -0.338 e. The summed E-state index contributed by atoms with van der Waals surface area (Å²) in [4.78, 5) is 14.5. The first kappa shape index (κ1) is 15.5. The molecule has 1 aromatic heterocycles. The number of nitrogens with one attached hydrogen (secondary N) is 1. The largest absolute Gasteiger partial charge is 0.338 e. The van der Waals surface area contributed by atoms with Crippen LogP contribution in [0.2, 0.25) is 0 Å². The molecule has 1 aliphatic heterocycles. The number of urea groups is 1. The van der Waals surface area contributed by atoms with Crippen molar-refractivity contribution in [3.05, 3.63) is 48.0 Å². The molecule has 0 saturated carbocycles. The van der Waals surface area contributed by atoms with Crippen molar-refractivity contribution >= 4 is 6.03 Å². The van der Waals surface area contributed by atoms with Crippen molar-refractivity contribution in [2.75, 3.05) is 13.1 Å². The summed E-state index contributed by atoms with van der Waals surface area (Å²) in [5, 5.41) is 11.2. The minimum absolute atomic E-state index is 0.00590. The number of aromatic nitrogens is 3. The molecule has 3 rings (SSSR count). The Morgan fingerprint density at radius 2 is 2.13 bits per heavy atom. The number of rotatable bonds is 4. The molecule has 2 heterocycles. The fourth-order valence-corrected chi connectivity index (χ4v) is 3.10. The Morgan fingerprint density at radius 1 is 1.30 bits per heavy atom. The average Bonchev–Trinajstić information content (AvgIpc) is 3.01. The molecule has 0 bridgehead atoms. The molecule has 2 aromatic rings. The van der Waals surface area contributed by atoms with Crippen LogP contribution in [0.15, 0.2) is 36.7 Å². The summed E-state index contributed by atoms with van der Waals surface area (Å²) < 4.78 is 1.90. The third-order valence-corrected chi connectivity index (χ3v) is 4.34. The number of piperidine rings is 1. The lowest BCUT2D eigenvalue weighted by Crippen LogP contribution is -2.45. The molecule has 2 amide bonds. The Morgan fingerprint density at radius 3 is 2.87 bits per heavy atom. The summed E-state index contributed by atoms with van der Waals surface area (Å²) in [5.41, 5.74) is 1.23. The van der Waals surface area contributed by atoms with Gasteiger partial charge in [-0.1, -0.05) is 30.3 Å². The van der Waals surface area contributed by atoms with E-state index in [0.717, 1.165) is 38.1 Å². The second-order valence-corrected chi connectivity index (χ2v) is 5.97. The van der Waals surface area contributed by atoms with Crippen molar-refractivity contribution in [1.29, 1.82) is 0 Å². The normalized spacial score (nSPS) is 18.0. The third-order valence-electron chi connectivity index (χ3n) is 4.34. The van der Waals surface area contributed by atoms with Gasteiger partial charge in [0.05, 0.1) is 6.04 Å². The van der Waals surface area contributed by atoms with Crippen molar-refractivity contribution in [3.8, 4) is 0 Å². The Balaban J connectivity index is 1.59. The molecule has 1 N–H and O–H groups in total. The topological polar surface area (TPSA) is 63.1 Å². The number of carbonyl (C=O) groups excluding carboxylic acids is 1. The summed E-state index contributed by atoms with van der Waals surface area (Å²) in [6, 6.07) is 10.2. The molecule has 1 aromatic carbocycles. The van der Waals surface area contributed by atoms with Crippen molar-refractivity contribution < 1.29 is 4.79 Å². The Labute approximate surface area is 136 Å². The molecule has 1 unspecified atom stereocenters. The highest BCUT2D eigenvalue weighted by Crippen LogP contribution is 2.29. The standard InChI is InChI=1S/C17H23N5O/c1-21-13-19-20-16(21)15-9-5-6-12-22(15)17(23)18-11-10-14-7-3-2-4-8-14/h2-4,7-8,13,15H,5-6,9-12H2,1H3,(H,18,23). The van der Waals surface area contributed by atoms with Gasteiger partial charge in [-0.05, 0) is 31.2 Å². The first-order chi connectivity index (χ1) is 11.3. The second-order valence-electron chi connectivity index (χ2n) is 5.97. The lowest BCUT2D eigenvalue weighted by atomic mass is 10.0. The zero-order valence-electron chi connectivity index (χ0n) is 13.5. The number of likely N-dealkylation sites (tertiary alicyclic amines) is 1. The van der Waals surface area contributed by atoms with E-state index in [2.05, 4.69) is 27.6 Å². The number of hydrogen-bond acceptors (Lipinski definition) is 3. The van der Waals surface area contributed by atoms with Gasteiger partial charge in [-0.15, -0.1) is 10.2 Å². The Bertz CT molecular complexity index is 639. The molecule has 6 heteroatoms. The zero-order valence-corrected chi connectivity index (χ0v) is 13.5. The van der Waals surface area contributed by atoms with Crippen molar-refractivity contribution in [2.24, 2.45) is 7.05 Å². The van der Waals surface area contributed by atoms with E-state index in [9.17, 15) is 4.79 Å². The lowest BCUT2D eigenvalue weighted by Gasteiger charge is -2.34. The van der Waals surface area contributed by atoms with Crippen molar-refractivity contribution in [3.63, 3.8) is 0 Å². The van der Waals surface area contributed by atoms with Crippen LogP contribution in [0.25, 0.3) is 0 Å². The van der Waals surface area contributed by atoms with Crippen LogP contribution in [-0.4, -0.2) is 38.8 Å². The van der Waals surface area contributed by atoms with Gasteiger partial charge in [0, 0.05) is 20.1 Å². The minimum atomic E-state index is -0.00590. The quantitative estimate of drug-likeness (QED) is 0.942. The van der Waals surface area contributed by atoms with E-state index in [-0.39, 0.29) is 12.1 Å². The van der Waals surface area contributed by atoms with E-state index in [1.165, 1.54) is 5.56 Å². The van der Waals surface area contributed by atoms with Gasteiger partial charge < -0.3 is 14.8 Å². The van der Waals surface area contributed by atoms with Gasteiger partial charge in [-0.25, -0.2) is 4.79 Å². The first-order valence-corrected chi connectivity index (χ1v) is 8.18. The van der Waals surface area contributed by atoms with Gasteiger partial charge in [-0.3, -0.25) is 0 Å². The smallest absolute Gasteiger partial charge is 0.318 e. The predicted molar refractivity (Wildman–Crippen MR) is 87.8 cm³/mol. The Kier molecular flexibility index (Phi) is 4.90. The van der Waals surface area contributed by atoms with Crippen LogP contribution in [0, 0.1) is 0 Å². The highest BCUT2D eigenvalue weighted by Gasteiger charge is 2.30. The fourth-order valence-electron chi connectivity index (χ4n) is 3.10. The monoisotopic (exact) mass is 313 g/mol. The van der Waals surface area contributed by atoms with Crippen LogP contribution in [-0.2, 0) is 13.5 Å². The molecule has 23 heavy (non-hydrogen) atoms. The molecule has 0 aliphatic carbocycles. The molecular weight excluding hydrogens is 290 g/mol. The van der Waals surface area contributed by atoms with E-state index in [4.69, 9.17) is 0 Å². The SMILES string of the molecule is Cn1cnnc1C1CCCCN1C(=O)NCCc1ccccc1. The molecule has 1 fully saturated rings. The summed E-state index contributed by atoms with van der Waals surface area (Å²) in [7, 11) is 1.93. The van der Waals surface area contributed by atoms with Crippen molar-refractivity contribution in [1.82, 2.24) is 25.0 Å². The molecule has 122 valence electrons. The second kappa shape index (κ2) is 7.26. The van der Waals surface area contributed by atoms with Gasteiger partial charge >= 0.3 is 6.03 Å². The Hall–Kier alpha value is -2.37. The van der Waals surface area contributed by atoms with Crippen LogP contribution >= 0.6 is 0 Å². The van der Waals surface area contributed by atoms with Crippen LogP contribution in [0.5, 0.6) is 0 Å². The maximum atomic E-state index is 12.6. The summed E-state index contributed by atoms with van der Waals surface area (Å²) in [6.07, 6.45) is 5.63. The molecule has 1 atom stereocenters. The lowest BCUT2D eigenvalue weighted by molar-refractivity contribution is 0.146. The molecule has 0 radical (unpaired) electrons. The highest BCUT2D eigenvalue weighted by atomic mass is 16.2. The van der Waals surface area contributed by atoms with Gasteiger partial charge in [0.25, 0.3) is 0 Å². The molecule has 6 nitrogen and oxygen atoms in total. The number of aryl methyl sites for hydroxylation is 1. The molecule has 1 saturated heterocycles.